The van der Waals surface area contributed by atoms with Gasteiger partial charge < -0.3 is 14.8 Å². The molecular formula is C22H25NO5. The Bertz CT molecular complexity index is 752. The predicted octanol–water partition coefficient (Wildman–Crippen LogP) is 2.68. The summed E-state index contributed by atoms with van der Waals surface area (Å²) in [5, 5.41) is 2.75. The highest BCUT2D eigenvalue weighted by Crippen LogP contribution is 2.25. The third-order valence-corrected chi connectivity index (χ3v) is 4.52. The molecule has 0 fully saturated rings. The molecule has 0 aliphatic heterocycles. The van der Waals surface area contributed by atoms with Crippen LogP contribution in [0.25, 0.3) is 0 Å². The first-order valence-corrected chi connectivity index (χ1v) is 9.03. The molecule has 0 aromatic heterocycles. The summed E-state index contributed by atoms with van der Waals surface area (Å²) in [6.07, 6.45) is 0.0847. The van der Waals surface area contributed by atoms with E-state index in [1.807, 2.05) is 60.7 Å². The minimum absolute atomic E-state index is 0.0847. The molecule has 1 amide bonds. The first kappa shape index (κ1) is 21.2. The standard InChI is InChI=1S/C22H25NO5/c1-15(21(25)27-2)14-18(22(26)28-3)23-20(24)19(16-10-6-4-7-11-16)17-12-8-5-9-13-17/h4-13,15,18-19H,14H2,1-3H3,(H,23,24)/t15-,18-/m1/s1. The highest BCUT2D eigenvalue weighted by Gasteiger charge is 2.31. The number of benzene rings is 2. The van der Waals surface area contributed by atoms with Gasteiger partial charge in [-0.25, -0.2) is 4.79 Å². The van der Waals surface area contributed by atoms with Crippen LogP contribution in [0.2, 0.25) is 0 Å². The molecule has 0 unspecified atom stereocenters. The molecule has 6 nitrogen and oxygen atoms in total. The Morgan fingerprint density at radius 3 is 1.71 bits per heavy atom. The van der Waals surface area contributed by atoms with Crippen LogP contribution in [-0.4, -0.2) is 38.1 Å². The van der Waals surface area contributed by atoms with Crippen molar-refractivity contribution in [3.05, 3.63) is 71.8 Å². The second-order valence-corrected chi connectivity index (χ2v) is 6.50. The molecule has 28 heavy (non-hydrogen) atoms. The topological polar surface area (TPSA) is 81.7 Å². The lowest BCUT2D eigenvalue weighted by molar-refractivity contribution is -0.149. The van der Waals surface area contributed by atoms with Crippen molar-refractivity contribution in [1.82, 2.24) is 5.32 Å². The number of rotatable bonds is 8. The largest absolute Gasteiger partial charge is 0.469 e. The van der Waals surface area contributed by atoms with Gasteiger partial charge in [-0.3, -0.25) is 9.59 Å². The van der Waals surface area contributed by atoms with E-state index >= 15 is 0 Å². The molecule has 1 N–H and O–H groups in total. The Balaban J connectivity index is 2.29. The van der Waals surface area contributed by atoms with Crippen molar-refractivity contribution < 1.29 is 23.9 Å². The van der Waals surface area contributed by atoms with Gasteiger partial charge in [-0.1, -0.05) is 67.6 Å². The third kappa shape index (κ3) is 5.42. The van der Waals surface area contributed by atoms with Gasteiger partial charge in [0.2, 0.25) is 5.91 Å². The van der Waals surface area contributed by atoms with Gasteiger partial charge in [-0.05, 0) is 17.5 Å². The molecule has 2 aromatic rings. The second kappa shape index (κ2) is 10.3. The summed E-state index contributed by atoms with van der Waals surface area (Å²) in [7, 11) is 2.53. The number of carbonyl (C=O) groups is 3. The van der Waals surface area contributed by atoms with E-state index in [1.165, 1.54) is 14.2 Å². The molecule has 2 atom stereocenters. The van der Waals surface area contributed by atoms with Gasteiger partial charge >= 0.3 is 11.9 Å². The van der Waals surface area contributed by atoms with E-state index < -0.39 is 29.8 Å². The zero-order chi connectivity index (χ0) is 20.5. The molecule has 0 aliphatic carbocycles. The zero-order valence-corrected chi connectivity index (χ0v) is 16.3. The molecule has 148 valence electrons. The number of ether oxygens (including phenoxy) is 2. The maximum atomic E-state index is 13.2. The maximum absolute atomic E-state index is 13.2. The lowest BCUT2D eigenvalue weighted by atomic mass is 9.90. The second-order valence-electron chi connectivity index (χ2n) is 6.50. The van der Waals surface area contributed by atoms with Gasteiger partial charge in [-0.2, -0.15) is 0 Å². The number of hydrogen-bond acceptors (Lipinski definition) is 5. The van der Waals surface area contributed by atoms with Gasteiger partial charge in [0.15, 0.2) is 0 Å². The average Bonchev–Trinajstić information content (AvgIpc) is 2.73. The summed E-state index contributed by atoms with van der Waals surface area (Å²) in [5.74, 6) is -2.57. The van der Waals surface area contributed by atoms with Crippen molar-refractivity contribution in [2.45, 2.75) is 25.3 Å². The molecule has 0 bridgehead atoms. The first-order chi connectivity index (χ1) is 13.5. The van der Waals surface area contributed by atoms with E-state index in [0.717, 1.165) is 11.1 Å². The molecule has 0 heterocycles. The summed E-state index contributed by atoms with van der Waals surface area (Å²) >= 11 is 0. The van der Waals surface area contributed by atoms with Crippen LogP contribution < -0.4 is 5.32 Å². The minimum Gasteiger partial charge on any atom is -0.469 e. The minimum atomic E-state index is -0.957. The van der Waals surface area contributed by atoms with Crippen molar-refractivity contribution in [3.8, 4) is 0 Å². The molecule has 2 rings (SSSR count). The average molecular weight is 383 g/mol. The smallest absolute Gasteiger partial charge is 0.328 e. The van der Waals surface area contributed by atoms with Crippen LogP contribution in [0, 0.1) is 5.92 Å². The Morgan fingerprint density at radius 2 is 1.29 bits per heavy atom. The summed E-state index contributed by atoms with van der Waals surface area (Å²) in [6, 6.07) is 17.7. The van der Waals surface area contributed by atoms with E-state index in [2.05, 4.69) is 5.32 Å². The Labute approximate surface area is 164 Å². The molecular weight excluding hydrogens is 358 g/mol. The normalized spacial score (nSPS) is 12.7. The fraction of sp³-hybridized carbons (Fsp3) is 0.318. The van der Waals surface area contributed by atoms with Crippen LogP contribution in [-0.2, 0) is 23.9 Å². The van der Waals surface area contributed by atoms with Gasteiger partial charge in [0.05, 0.1) is 26.1 Å². The highest BCUT2D eigenvalue weighted by atomic mass is 16.5. The number of hydrogen-bond donors (Lipinski definition) is 1. The van der Waals surface area contributed by atoms with Crippen molar-refractivity contribution in [3.63, 3.8) is 0 Å². The van der Waals surface area contributed by atoms with Crippen LogP contribution in [0.5, 0.6) is 0 Å². The van der Waals surface area contributed by atoms with Crippen LogP contribution >= 0.6 is 0 Å². The van der Waals surface area contributed by atoms with Gasteiger partial charge in [0, 0.05) is 0 Å². The van der Waals surface area contributed by atoms with E-state index in [-0.39, 0.29) is 12.3 Å². The molecule has 0 radical (unpaired) electrons. The molecule has 0 aliphatic rings. The van der Waals surface area contributed by atoms with Crippen molar-refractivity contribution >= 4 is 17.8 Å². The maximum Gasteiger partial charge on any atom is 0.328 e. The Kier molecular flexibility index (Phi) is 7.75. The van der Waals surface area contributed by atoms with Crippen LogP contribution in [0.3, 0.4) is 0 Å². The summed E-state index contributed by atoms with van der Waals surface area (Å²) in [6.45, 7) is 1.64. The summed E-state index contributed by atoms with van der Waals surface area (Å²) in [5.41, 5.74) is 1.60. The Hall–Kier alpha value is -3.15. The monoisotopic (exact) mass is 383 g/mol. The summed E-state index contributed by atoms with van der Waals surface area (Å²) in [4.78, 5) is 37.1. The number of amides is 1. The molecule has 2 aromatic carbocycles. The van der Waals surface area contributed by atoms with Crippen LogP contribution in [0.15, 0.2) is 60.7 Å². The van der Waals surface area contributed by atoms with Crippen molar-refractivity contribution in [2.75, 3.05) is 14.2 Å². The number of methoxy groups -OCH3 is 2. The van der Waals surface area contributed by atoms with Crippen LogP contribution in [0.1, 0.15) is 30.4 Å². The first-order valence-electron chi connectivity index (χ1n) is 9.03. The number of esters is 2. The fourth-order valence-corrected chi connectivity index (χ4v) is 3.05. The lowest BCUT2D eigenvalue weighted by Gasteiger charge is -2.23. The van der Waals surface area contributed by atoms with Crippen molar-refractivity contribution in [1.29, 1.82) is 0 Å². The van der Waals surface area contributed by atoms with Gasteiger partial charge in [0.25, 0.3) is 0 Å². The van der Waals surface area contributed by atoms with E-state index in [1.54, 1.807) is 6.92 Å². The molecule has 0 spiro atoms. The van der Waals surface area contributed by atoms with Crippen molar-refractivity contribution in [2.24, 2.45) is 5.92 Å². The number of nitrogens with one attached hydrogen (secondary N) is 1. The van der Waals surface area contributed by atoms with E-state index in [4.69, 9.17) is 9.47 Å². The Morgan fingerprint density at radius 1 is 0.821 bits per heavy atom. The summed E-state index contributed by atoms with van der Waals surface area (Å²) < 4.78 is 9.53. The quantitative estimate of drug-likeness (QED) is 0.709. The molecule has 6 heteroatoms. The molecule has 0 saturated heterocycles. The highest BCUT2D eigenvalue weighted by molar-refractivity contribution is 5.91. The van der Waals surface area contributed by atoms with E-state index in [9.17, 15) is 14.4 Å². The third-order valence-electron chi connectivity index (χ3n) is 4.52. The SMILES string of the molecule is COC(=O)[C@H](C)C[C@@H](NC(=O)C(c1ccccc1)c1ccccc1)C(=O)OC. The molecule has 0 saturated carbocycles. The van der Waals surface area contributed by atoms with E-state index in [0.29, 0.717) is 0 Å². The fourth-order valence-electron chi connectivity index (χ4n) is 3.05. The predicted molar refractivity (Wildman–Crippen MR) is 104 cm³/mol. The zero-order valence-electron chi connectivity index (χ0n) is 16.3. The van der Waals surface area contributed by atoms with Gasteiger partial charge in [-0.15, -0.1) is 0 Å². The van der Waals surface area contributed by atoms with Crippen LogP contribution in [0.4, 0.5) is 0 Å². The number of carbonyl (C=O) groups excluding carboxylic acids is 3. The van der Waals surface area contributed by atoms with Gasteiger partial charge in [0.1, 0.15) is 6.04 Å². The lowest BCUT2D eigenvalue weighted by Crippen LogP contribution is -2.45.